The summed E-state index contributed by atoms with van der Waals surface area (Å²) >= 11 is 0. The number of hydrogen-bond donors (Lipinski definition) is 0. The Morgan fingerprint density at radius 2 is 1.90 bits per heavy atom. The third-order valence-electron chi connectivity index (χ3n) is 7.56. The quantitative estimate of drug-likeness (QED) is 0.732. The van der Waals surface area contributed by atoms with Crippen molar-refractivity contribution < 1.29 is 14.1 Å². The Kier molecular flexibility index (Phi) is 3.97. The Balaban J connectivity index is 1.53. The van der Waals surface area contributed by atoms with E-state index in [1.165, 1.54) is 0 Å². The van der Waals surface area contributed by atoms with Crippen molar-refractivity contribution in [3.63, 3.8) is 0 Å². The average Bonchev–Trinajstić information content (AvgIpc) is 3.31. The molecule has 7 nitrogen and oxygen atoms in total. The number of hydrogen-bond acceptors (Lipinski definition) is 5. The maximum Gasteiger partial charge on any atom is 0.496 e. The summed E-state index contributed by atoms with van der Waals surface area (Å²) in [5, 5.41) is 14.4. The van der Waals surface area contributed by atoms with E-state index < -0.39 is 23.7 Å². The number of nitriles is 1. The van der Waals surface area contributed by atoms with E-state index >= 15 is 0 Å². The Hall–Kier alpha value is -2.37. The van der Waals surface area contributed by atoms with Crippen molar-refractivity contribution >= 4 is 29.7 Å². The van der Waals surface area contributed by atoms with Gasteiger partial charge in [-0.15, -0.1) is 0 Å². The molecule has 5 rings (SSSR count). The fraction of sp³-hybridized carbons (Fsp3) is 0.591. The van der Waals surface area contributed by atoms with E-state index in [1.54, 1.807) is 15.6 Å². The van der Waals surface area contributed by atoms with Crippen molar-refractivity contribution in [2.45, 2.75) is 58.7 Å². The van der Waals surface area contributed by atoms with Crippen LogP contribution >= 0.6 is 0 Å². The van der Waals surface area contributed by atoms with Crippen LogP contribution in [-0.2, 0) is 14.1 Å². The van der Waals surface area contributed by atoms with Crippen LogP contribution < -0.4 is 10.4 Å². The van der Waals surface area contributed by atoms with Gasteiger partial charge in [-0.2, -0.15) is 10.4 Å². The molecule has 4 heterocycles. The van der Waals surface area contributed by atoms with Gasteiger partial charge in [-0.1, -0.05) is 6.92 Å². The molecule has 2 aliphatic heterocycles. The van der Waals surface area contributed by atoms with E-state index in [0.29, 0.717) is 6.54 Å². The van der Waals surface area contributed by atoms with Crippen LogP contribution in [0.4, 0.5) is 5.69 Å². The van der Waals surface area contributed by atoms with Gasteiger partial charge in [0.15, 0.2) is 0 Å². The summed E-state index contributed by atoms with van der Waals surface area (Å²) in [4.78, 5) is 15.2. The fourth-order valence-electron chi connectivity index (χ4n) is 4.86. The van der Waals surface area contributed by atoms with Crippen LogP contribution in [0.2, 0.25) is 0 Å². The molecule has 1 aliphatic carbocycles. The second-order valence-electron chi connectivity index (χ2n) is 9.98. The van der Waals surface area contributed by atoms with Crippen LogP contribution in [-0.4, -0.2) is 40.4 Å². The van der Waals surface area contributed by atoms with Crippen LogP contribution in [0.25, 0.3) is 5.52 Å². The minimum atomic E-state index is -0.901. The first-order valence-corrected chi connectivity index (χ1v) is 10.7. The van der Waals surface area contributed by atoms with Crippen molar-refractivity contribution in [3.05, 3.63) is 24.5 Å². The van der Waals surface area contributed by atoms with Crippen LogP contribution in [0.5, 0.6) is 0 Å². The average molecular weight is 406 g/mol. The predicted octanol–water partition coefficient (Wildman–Crippen LogP) is 2.54. The van der Waals surface area contributed by atoms with Crippen molar-refractivity contribution in [2.24, 2.45) is 17.3 Å². The molecule has 0 aromatic carbocycles. The number of carbonyl (C=O) groups excluding carboxylic acids is 1. The Labute approximate surface area is 177 Å². The first kappa shape index (κ1) is 19.6. The number of nitrogens with zero attached hydrogens (tertiary/aromatic N) is 4. The van der Waals surface area contributed by atoms with Gasteiger partial charge in [0.1, 0.15) is 5.41 Å². The molecule has 1 saturated carbocycles. The second kappa shape index (κ2) is 6.08. The van der Waals surface area contributed by atoms with Crippen LogP contribution in [0.1, 0.15) is 47.5 Å². The summed E-state index contributed by atoms with van der Waals surface area (Å²) in [6.07, 6.45) is 5.50. The van der Waals surface area contributed by atoms with Gasteiger partial charge < -0.3 is 14.2 Å². The predicted molar refractivity (Wildman–Crippen MR) is 113 cm³/mol. The molecule has 2 aromatic heterocycles. The zero-order valence-electron chi connectivity index (χ0n) is 18.2. The maximum absolute atomic E-state index is 13.5. The number of fused-ring (bicyclic) bond motifs is 1. The van der Waals surface area contributed by atoms with Crippen LogP contribution in [0.15, 0.2) is 24.5 Å². The van der Waals surface area contributed by atoms with E-state index in [1.807, 2.05) is 52.9 Å². The molecule has 30 heavy (non-hydrogen) atoms. The molecule has 2 aromatic rings. The lowest BCUT2D eigenvalue weighted by Crippen LogP contribution is -2.41. The van der Waals surface area contributed by atoms with E-state index in [9.17, 15) is 10.1 Å². The third kappa shape index (κ3) is 2.52. The fourth-order valence-corrected chi connectivity index (χ4v) is 4.86. The van der Waals surface area contributed by atoms with Gasteiger partial charge in [0.05, 0.1) is 28.5 Å². The Morgan fingerprint density at radius 3 is 2.50 bits per heavy atom. The normalized spacial score (nSPS) is 30.3. The SMILES string of the molecule is C[C@@H]1CN(c2ccnn3cc(B4OC(C)(C)C(C)(C)O4)cc23)C(=O)[C@]1(C#N)C1CC1. The first-order chi connectivity index (χ1) is 14.1. The minimum Gasteiger partial charge on any atom is -0.399 e. The smallest absolute Gasteiger partial charge is 0.399 e. The molecule has 2 atom stereocenters. The van der Waals surface area contributed by atoms with Gasteiger partial charge in [-0.05, 0) is 58.6 Å². The largest absolute Gasteiger partial charge is 0.496 e. The van der Waals surface area contributed by atoms with Crippen molar-refractivity contribution in [3.8, 4) is 6.07 Å². The summed E-state index contributed by atoms with van der Waals surface area (Å²) in [5.74, 6) is 0.0969. The topological polar surface area (TPSA) is 79.9 Å². The molecule has 0 spiro atoms. The van der Waals surface area contributed by atoms with Crippen LogP contribution in [0, 0.1) is 28.6 Å². The Morgan fingerprint density at radius 1 is 1.23 bits per heavy atom. The first-order valence-electron chi connectivity index (χ1n) is 10.7. The molecule has 0 radical (unpaired) electrons. The van der Waals surface area contributed by atoms with E-state index in [-0.39, 0.29) is 17.7 Å². The molecule has 8 heteroatoms. The van der Waals surface area contributed by atoms with E-state index in [4.69, 9.17) is 9.31 Å². The second-order valence-corrected chi connectivity index (χ2v) is 9.98. The molecular formula is C22H27BN4O3. The number of anilines is 1. The number of carbonyl (C=O) groups is 1. The summed E-state index contributed by atoms with van der Waals surface area (Å²) in [6.45, 7) is 10.7. The highest BCUT2D eigenvalue weighted by molar-refractivity contribution is 6.62. The minimum absolute atomic E-state index is 0.00625. The molecule has 2 saturated heterocycles. The number of aromatic nitrogens is 2. The van der Waals surface area contributed by atoms with E-state index in [0.717, 1.165) is 29.5 Å². The molecule has 156 valence electrons. The van der Waals surface area contributed by atoms with Crippen molar-refractivity contribution in [1.82, 2.24) is 9.61 Å². The zero-order valence-corrected chi connectivity index (χ0v) is 18.2. The van der Waals surface area contributed by atoms with Crippen molar-refractivity contribution in [1.29, 1.82) is 5.26 Å². The summed E-state index contributed by atoms with van der Waals surface area (Å²) < 4.78 is 14.1. The standard InChI is InChI=1S/C22H27BN4O3/c1-14-11-26(19(28)22(14,13-24)15-6-7-15)17-8-9-25-27-12-16(10-18(17)27)23-29-20(2,3)21(4,5)30-23/h8-10,12,14-15H,6-7,11H2,1-5H3/t14-,22+/m1/s1. The van der Waals surface area contributed by atoms with Gasteiger partial charge in [0.2, 0.25) is 5.91 Å². The number of rotatable bonds is 3. The highest BCUT2D eigenvalue weighted by Gasteiger charge is 2.61. The molecule has 0 unspecified atom stereocenters. The maximum atomic E-state index is 13.5. The van der Waals surface area contributed by atoms with Gasteiger partial charge >= 0.3 is 7.12 Å². The van der Waals surface area contributed by atoms with E-state index in [2.05, 4.69) is 11.2 Å². The van der Waals surface area contributed by atoms with Gasteiger partial charge in [-0.25, -0.2) is 4.52 Å². The highest BCUT2D eigenvalue weighted by atomic mass is 16.7. The molecular weight excluding hydrogens is 379 g/mol. The lowest BCUT2D eigenvalue weighted by Gasteiger charge is -2.32. The van der Waals surface area contributed by atoms with Crippen molar-refractivity contribution in [2.75, 3.05) is 11.4 Å². The zero-order chi connectivity index (χ0) is 21.5. The lowest BCUT2D eigenvalue weighted by molar-refractivity contribution is -0.124. The summed E-state index contributed by atoms with van der Waals surface area (Å²) in [5.41, 5.74) is 0.691. The Bertz CT molecular complexity index is 1070. The molecule has 3 aliphatic rings. The third-order valence-corrected chi connectivity index (χ3v) is 7.56. The van der Waals surface area contributed by atoms with Gasteiger partial charge in [0.25, 0.3) is 0 Å². The summed E-state index contributed by atoms with van der Waals surface area (Å²) in [6, 6.07) is 6.23. The van der Waals surface area contributed by atoms with Gasteiger partial charge in [0, 0.05) is 30.3 Å². The van der Waals surface area contributed by atoms with Gasteiger partial charge in [-0.3, -0.25) is 4.79 Å². The molecule has 0 N–H and O–H groups in total. The summed E-state index contributed by atoms with van der Waals surface area (Å²) in [7, 11) is -0.498. The molecule has 3 fully saturated rings. The highest BCUT2D eigenvalue weighted by Crippen LogP contribution is 2.54. The lowest BCUT2D eigenvalue weighted by atomic mass is 9.75. The monoisotopic (exact) mass is 406 g/mol. The number of amides is 1. The molecule has 0 bridgehead atoms. The van der Waals surface area contributed by atoms with Crippen LogP contribution in [0.3, 0.4) is 0 Å². The molecule has 1 amide bonds.